The van der Waals surface area contributed by atoms with Crippen LogP contribution in [-0.2, 0) is 4.79 Å². The van der Waals surface area contributed by atoms with Gasteiger partial charge < -0.3 is 4.90 Å². The van der Waals surface area contributed by atoms with E-state index in [9.17, 15) is 4.79 Å². The van der Waals surface area contributed by atoms with Gasteiger partial charge in [0.2, 0.25) is 0 Å². The molecule has 2 unspecified atom stereocenters. The van der Waals surface area contributed by atoms with Gasteiger partial charge in [-0.05, 0) is 24.2 Å². The molecule has 2 nitrogen and oxygen atoms in total. The zero-order valence-corrected chi connectivity index (χ0v) is 13.5. The zero-order chi connectivity index (χ0) is 14.3. The second kappa shape index (κ2) is 5.29. The highest BCUT2D eigenvalue weighted by Crippen LogP contribution is 2.65. The van der Waals surface area contributed by atoms with Crippen LogP contribution in [0.5, 0.6) is 0 Å². The lowest BCUT2D eigenvalue weighted by atomic mass is 9.70. The van der Waals surface area contributed by atoms with Gasteiger partial charge in [0.25, 0.3) is 0 Å². The molecule has 2 aliphatic rings. The molecule has 0 aliphatic heterocycles. The van der Waals surface area contributed by atoms with Crippen molar-refractivity contribution in [1.82, 2.24) is 4.90 Å². The van der Waals surface area contributed by atoms with E-state index >= 15 is 0 Å². The first-order chi connectivity index (χ1) is 8.88. The standard InChI is InChI=1S/C15H23Cl2NO/c1-14(2)12-4-5-15(14,3)13(19)11(12)10-18(8-6-16)9-7-17/h10,12H,4-9H2,1-3H3/b11-10-. The van der Waals surface area contributed by atoms with Crippen LogP contribution >= 0.6 is 23.2 Å². The topological polar surface area (TPSA) is 20.3 Å². The normalized spacial score (nSPS) is 34.3. The molecule has 2 bridgehead atoms. The smallest absolute Gasteiger partial charge is 0.167 e. The van der Waals surface area contributed by atoms with Gasteiger partial charge in [0.1, 0.15) is 0 Å². The van der Waals surface area contributed by atoms with Crippen molar-refractivity contribution in [3.05, 3.63) is 11.8 Å². The van der Waals surface area contributed by atoms with Crippen molar-refractivity contribution in [3.8, 4) is 0 Å². The Bertz CT molecular complexity index is 399. The maximum atomic E-state index is 12.7. The monoisotopic (exact) mass is 303 g/mol. The Morgan fingerprint density at radius 1 is 1.26 bits per heavy atom. The van der Waals surface area contributed by atoms with Crippen LogP contribution < -0.4 is 0 Å². The SMILES string of the molecule is CC12CCC(/C(=C/N(CCCl)CCCl)C1=O)C2(C)C. The molecule has 0 radical (unpaired) electrons. The fourth-order valence-electron chi connectivity index (χ4n) is 3.73. The third kappa shape index (κ3) is 2.21. The molecule has 0 N–H and O–H groups in total. The molecule has 0 saturated heterocycles. The second-order valence-electron chi connectivity index (χ2n) is 6.47. The summed E-state index contributed by atoms with van der Waals surface area (Å²) in [7, 11) is 0. The van der Waals surface area contributed by atoms with Crippen molar-refractivity contribution in [2.24, 2.45) is 16.7 Å². The van der Waals surface area contributed by atoms with E-state index in [1.165, 1.54) is 0 Å². The molecule has 19 heavy (non-hydrogen) atoms. The third-order valence-corrected chi connectivity index (χ3v) is 5.77. The molecule has 2 atom stereocenters. The maximum absolute atomic E-state index is 12.7. The van der Waals surface area contributed by atoms with E-state index in [1.54, 1.807) is 0 Å². The van der Waals surface area contributed by atoms with E-state index in [0.717, 1.165) is 31.5 Å². The molecule has 2 fully saturated rings. The first-order valence-corrected chi connectivity index (χ1v) is 8.08. The Labute approximate surface area is 126 Å². The Balaban J connectivity index is 2.29. The zero-order valence-electron chi connectivity index (χ0n) is 12.0. The molecule has 0 amide bonds. The van der Waals surface area contributed by atoms with E-state index in [2.05, 4.69) is 25.7 Å². The van der Waals surface area contributed by atoms with Gasteiger partial charge in [-0.2, -0.15) is 0 Å². The lowest BCUT2D eigenvalue weighted by Gasteiger charge is -2.31. The fourth-order valence-corrected chi connectivity index (χ4v) is 4.17. The minimum Gasteiger partial charge on any atom is -0.375 e. The molecule has 2 aliphatic carbocycles. The van der Waals surface area contributed by atoms with Crippen LogP contribution in [-0.4, -0.2) is 35.5 Å². The van der Waals surface area contributed by atoms with Gasteiger partial charge in [0, 0.05) is 42.0 Å². The van der Waals surface area contributed by atoms with E-state index < -0.39 is 0 Å². The number of halogens is 2. The average Bonchev–Trinajstić information content (AvgIpc) is 2.64. The summed E-state index contributed by atoms with van der Waals surface area (Å²) in [6.45, 7) is 8.08. The summed E-state index contributed by atoms with van der Waals surface area (Å²) in [5, 5.41) is 0. The van der Waals surface area contributed by atoms with Gasteiger partial charge in [0.05, 0.1) is 0 Å². The van der Waals surface area contributed by atoms with Crippen molar-refractivity contribution in [1.29, 1.82) is 0 Å². The number of allylic oxidation sites excluding steroid dienone is 1. The van der Waals surface area contributed by atoms with Crippen molar-refractivity contribution in [2.45, 2.75) is 33.6 Å². The molecular weight excluding hydrogens is 281 g/mol. The van der Waals surface area contributed by atoms with Gasteiger partial charge in [-0.1, -0.05) is 20.8 Å². The van der Waals surface area contributed by atoms with Crippen LogP contribution in [0.3, 0.4) is 0 Å². The number of Topliss-reactive ketones (excluding diaryl/α,β-unsaturated/α-hetero) is 1. The molecule has 108 valence electrons. The van der Waals surface area contributed by atoms with E-state index in [0.29, 0.717) is 23.5 Å². The van der Waals surface area contributed by atoms with Gasteiger partial charge in [-0.25, -0.2) is 0 Å². The van der Waals surface area contributed by atoms with Crippen LogP contribution in [0, 0.1) is 16.7 Å². The highest BCUT2D eigenvalue weighted by atomic mass is 35.5. The Morgan fingerprint density at radius 2 is 1.84 bits per heavy atom. The highest BCUT2D eigenvalue weighted by Gasteiger charge is 2.64. The number of rotatable bonds is 5. The quantitative estimate of drug-likeness (QED) is 0.570. The van der Waals surface area contributed by atoms with E-state index in [4.69, 9.17) is 23.2 Å². The summed E-state index contributed by atoms with van der Waals surface area (Å²) in [6.07, 6.45) is 4.17. The number of fused-ring (bicyclic) bond motifs is 2. The summed E-state index contributed by atoms with van der Waals surface area (Å²) in [4.78, 5) is 14.8. The predicted molar refractivity (Wildman–Crippen MR) is 80.7 cm³/mol. The van der Waals surface area contributed by atoms with E-state index in [-0.39, 0.29) is 10.8 Å². The van der Waals surface area contributed by atoms with Gasteiger partial charge >= 0.3 is 0 Å². The number of carbonyl (C=O) groups is 1. The van der Waals surface area contributed by atoms with Crippen molar-refractivity contribution < 1.29 is 4.79 Å². The summed E-state index contributed by atoms with van der Waals surface area (Å²) >= 11 is 11.6. The first-order valence-electron chi connectivity index (χ1n) is 7.01. The molecular formula is C15H23Cl2NO. The minimum atomic E-state index is -0.183. The van der Waals surface area contributed by atoms with Crippen LogP contribution in [0.2, 0.25) is 0 Å². The highest BCUT2D eigenvalue weighted by molar-refractivity contribution is 6.18. The Morgan fingerprint density at radius 3 is 2.26 bits per heavy atom. The van der Waals surface area contributed by atoms with Crippen LogP contribution in [0.15, 0.2) is 11.8 Å². The molecule has 0 spiro atoms. The van der Waals surface area contributed by atoms with Crippen LogP contribution in [0.1, 0.15) is 33.6 Å². The number of ketones is 1. The summed E-state index contributed by atoms with van der Waals surface area (Å²) in [5.41, 5.74) is 0.884. The first kappa shape index (κ1) is 15.2. The molecule has 2 saturated carbocycles. The Hall–Kier alpha value is -0.210. The number of alkyl halides is 2. The van der Waals surface area contributed by atoms with Crippen molar-refractivity contribution in [2.75, 3.05) is 24.8 Å². The predicted octanol–water partition coefficient (Wildman–Crippen LogP) is 3.68. The molecule has 2 rings (SSSR count). The van der Waals surface area contributed by atoms with E-state index in [1.807, 2.05) is 6.20 Å². The average molecular weight is 304 g/mol. The molecule has 0 heterocycles. The number of nitrogens with zero attached hydrogens (tertiary/aromatic N) is 1. The van der Waals surface area contributed by atoms with Gasteiger partial charge in [-0.15, -0.1) is 23.2 Å². The van der Waals surface area contributed by atoms with Crippen LogP contribution in [0.4, 0.5) is 0 Å². The lowest BCUT2D eigenvalue weighted by molar-refractivity contribution is -0.125. The lowest BCUT2D eigenvalue weighted by Crippen LogP contribution is -2.32. The minimum absolute atomic E-state index is 0.0729. The second-order valence-corrected chi connectivity index (χ2v) is 7.23. The van der Waals surface area contributed by atoms with Gasteiger partial charge in [-0.3, -0.25) is 4.79 Å². The van der Waals surface area contributed by atoms with Gasteiger partial charge in [0.15, 0.2) is 5.78 Å². The summed E-state index contributed by atoms with van der Waals surface area (Å²) < 4.78 is 0. The fraction of sp³-hybridized carbons (Fsp3) is 0.800. The number of hydrogen-bond acceptors (Lipinski definition) is 2. The molecule has 0 aromatic carbocycles. The molecule has 0 aromatic heterocycles. The maximum Gasteiger partial charge on any atom is 0.167 e. The summed E-state index contributed by atoms with van der Waals surface area (Å²) in [6, 6.07) is 0. The molecule has 0 aromatic rings. The van der Waals surface area contributed by atoms with Crippen molar-refractivity contribution in [3.63, 3.8) is 0 Å². The number of carbonyl (C=O) groups excluding carboxylic acids is 1. The molecule has 4 heteroatoms. The van der Waals surface area contributed by atoms with Crippen molar-refractivity contribution >= 4 is 29.0 Å². The number of hydrogen-bond donors (Lipinski definition) is 0. The van der Waals surface area contributed by atoms with Crippen LogP contribution in [0.25, 0.3) is 0 Å². The largest absolute Gasteiger partial charge is 0.375 e. The Kier molecular flexibility index (Phi) is 4.23. The summed E-state index contributed by atoms with van der Waals surface area (Å²) in [5.74, 6) is 1.83. The third-order valence-electron chi connectivity index (χ3n) is 5.43.